The predicted molar refractivity (Wildman–Crippen MR) is 89.2 cm³/mol. The number of carboxylic acids is 1. The smallest absolute Gasteiger partial charge is 0.338 e. The number of nitrogens with zero attached hydrogens (tertiary/aromatic N) is 1. The van der Waals surface area contributed by atoms with Crippen molar-refractivity contribution in [2.24, 2.45) is 5.92 Å². The van der Waals surface area contributed by atoms with Crippen molar-refractivity contribution in [3.63, 3.8) is 0 Å². The van der Waals surface area contributed by atoms with Gasteiger partial charge in [0.2, 0.25) is 0 Å². The molecule has 2 aromatic rings. The standard InChI is InChI=1S/C18H15ClFNO3/c19-13-8-6-12(7-9-13)17(22)21(10-11-4-5-11)15-3-1-2-14(16(15)20)18(23)24/h1-3,6-9,11H,4-5,10H2,(H,23,24). The first kappa shape index (κ1) is 16.5. The van der Waals surface area contributed by atoms with Gasteiger partial charge in [-0.15, -0.1) is 0 Å². The Morgan fingerprint density at radius 1 is 1.17 bits per heavy atom. The molecule has 6 heteroatoms. The lowest BCUT2D eigenvalue weighted by atomic mass is 10.1. The lowest BCUT2D eigenvalue weighted by Gasteiger charge is -2.24. The van der Waals surface area contributed by atoms with Gasteiger partial charge < -0.3 is 10.0 Å². The van der Waals surface area contributed by atoms with Crippen LogP contribution in [0.15, 0.2) is 42.5 Å². The van der Waals surface area contributed by atoms with Gasteiger partial charge in [0.15, 0.2) is 5.82 Å². The number of aromatic carboxylic acids is 1. The predicted octanol–water partition coefficient (Wildman–Crippen LogP) is 4.23. The average molecular weight is 348 g/mol. The number of carboxylic acid groups (broad SMARTS) is 1. The summed E-state index contributed by atoms with van der Waals surface area (Å²) in [5.41, 5.74) is -0.0841. The molecule has 1 aliphatic carbocycles. The molecule has 4 nitrogen and oxygen atoms in total. The fourth-order valence-electron chi connectivity index (χ4n) is 2.49. The van der Waals surface area contributed by atoms with Crippen molar-refractivity contribution in [2.45, 2.75) is 12.8 Å². The van der Waals surface area contributed by atoms with Crippen molar-refractivity contribution in [1.29, 1.82) is 0 Å². The van der Waals surface area contributed by atoms with Gasteiger partial charge in [-0.25, -0.2) is 9.18 Å². The topological polar surface area (TPSA) is 57.6 Å². The lowest BCUT2D eigenvalue weighted by molar-refractivity contribution is 0.0691. The van der Waals surface area contributed by atoms with E-state index >= 15 is 0 Å². The van der Waals surface area contributed by atoms with Crippen molar-refractivity contribution in [3.8, 4) is 0 Å². The summed E-state index contributed by atoms with van der Waals surface area (Å²) in [6, 6.07) is 10.4. The largest absolute Gasteiger partial charge is 0.478 e. The van der Waals surface area contributed by atoms with Gasteiger partial charge in [-0.05, 0) is 55.2 Å². The van der Waals surface area contributed by atoms with Crippen LogP contribution in [0.25, 0.3) is 0 Å². The van der Waals surface area contributed by atoms with E-state index in [-0.39, 0.29) is 11.6 Å². The molecule has 0 aromatic heterocycles. The minimum absolute atomic E-state index is 0.0123. The summed E-state index contributed by atoms with van der Waals surface area (Å²) in [6.07, 6.45) is 1.95. The molecule has 3 rings (SSSR count). The van der Waals surface area contributed by atoms with Crippen LogP contribution in [0.5, 0.6) is 0 Å². The summed E-state index contributed by atoms with van der Waals surface area (Å²) in [5, 5.41) is 9.59. The van der Waals surface area contributed by atoms with E-state index < -0.39 is 17.3 Å². The normalized spacial score (nSPS) is 13.6. The SMILES string of the molecule is O=C(O)c1cccc(N(CC2CC2)C(=O)c2ccc(Cl)cc2)c1F. The summed E-state index contributed by atoms with van der Waals surface area (Å²) in [5.74, 6) is -2.32. The first-order chi connectivity index (χ1) is 11.5. The number of carbonyl (C=O) groups is 2. The summed E-state index contributed by atoms with van der Waals surface area (Å²) < 4.78 is 14.6. The third-order valence-corrected chi connectivity index (χ3v) is 4.23. The molecule has 2 aromatic carbocycles. The van der Waals surface area contributed by atoms with Gasteiger partial charge in [0.1, 0.15) is 0 Å². The van der Waals surface area contributed by atoms with E-state index in [0.717, 1.165) is 12.8 Å². The Bertz CT molecular complexity index is 787. The highest BCUT2D eigenvalue weighted by atomic mass is 35.5. The fourth-order valence-corrected chi connectivity index (χ4v) is 2.62. The van der Waals surface area contributed by atoms with Crippen LogP contribution in [0.3, 0.4) is 0 Å². The molecule has 0 heterocycles. The molecular formula is C18H15ClFNO3. The van der Waals surface area contributed by atoms with Gasteiger partial charge >= 0.3 is 5.97 Å². The van der Waals surface area contributed by atoms with E-state index in [1.807, 2.05) is 0 Å². The quantitative estimate of drug-likeness (QED) is 0.880. The maximum Gasteiger partial charge on any atom is 0.338 e. The molecule has 0 spiro atoms. The molecule has 1 fully saturated rings. The van der Waals surface area contributed by atoms with Gasteiger partial charge in [-0.2, -0.15) is 0 Å². The summed E-state index contributed by atoms with van der Waals surface area (Å²) >= 11 is 5.84. The highest BCUT2D eigenvalue weighted by molar-refractivity contribution is 6.30. The second kappa shape index (κ2) is 6.61. The van der Waals surface area contributed by atoms with E-state index in [9.17, 15) is 14.0 Å². The van der Waals surface area contributed by atoms with Gasteiger partial charge in [-0.3, -0.25) is 4.79 Å². The summed E-state index contributed by atoms with van der Waals surface area (Å²) in [6.45, 7) is 0.363. The van der Waals surface area contributed by atoms with E-state index in [1.165, 1.54) is 23.1 Å². The number of rotatable bonds is 5. The maximum absolute atomic E-state index is 14.6. The zero-order valence-electron chi connectivity index (χ0n) is 12.7. The summed E-state index contributed by atoms with van der Waals surface area (Å²) in [4.78, 5) is 25.3. The lowest BCUT2D eigenvalue weighted by Crippen LogP contribution is -2.34. The number of benzene rings is 2. The van der Waals surface area contributed by atoms with Crippen LogP contribution in [0, 0.1) is 11.7 Å². The maximum atomic E-state index is 14.6. The zero-order valence-corrected chi connectivity index (χ0v) is 13.5. The van der Waals surface area contributed by atoms with Gasteiger partial charge in [0, 0.05) is 17.1 Å². The van der Waals surface area contributed by atoms with Crippen LogP contribution in [-0.4, -0.2) is 23.5 Å². The first-order valence-corrected chi connectivity index (χ1v) is 7.94. The van der Waals surface area contributed by atoms with E-state index in [2.05, 4.69) is 0 Å². The van der Waals surface area contributed by atoms with E-state index in [4.69, 9.17) is 16.7 Å². The molecule has 0 radical (unpaired) electrons. The molecule has 1 N–H and O–H groups in total. The third-order valence-electron chi connectivity index (χ3n) is 3.97. The van der Waals surface area contributed by atoms with Crippen LogP contribution in [0.4, 0.5) is 10.1 Å². The molecule has 1 saturated carbocycles. The van der Waals surface area contributed by atoms with Crippen molar-refractivity contribution < 1.29 is 19.1 Å². The van der Waals surface area contributed by atoms with E-state index in [0.29, 0.717) is 23.0 Å². The van der Waals surface area contributed by atoms with Gasteiger partial charge in [-0.1, -0.05) is 17.7 Å². The van der Waals surface area contributed by atoms with Gasteiger partial charge in [0.05, 0.1) is 11.3 Å². The molecule has 1 aliphatic rings. The van der Waals surface area contributed by atoms with Gasteiger partial charge in [0.25, 0.3) is 5.91 Å². The van der Waals surface area contributed by atoms with E-state index in [1.54, 1.807) is 24.3 Å². The highest BCUT2D eigenvalue weighted by Crippen LogP contribution is 2.33. The molecule has 124 valence electrons. The molecular weight excluding hydrogens is 333 g/mol. The molecule has 0 aliphatic heterocycles. The fraction of sp³-hybridized carbons (Fsp3) is 0.222. The first-order valence-electron chi connectivity index (χ1n) is 7.56. The van der Waals surface area contributed by atoms with Crippen LogP contribution < -0.4 is 4.90 Å². The molecule has 24 heavy (non-hydrogen) atoms. The Kier molecular flexibility index (Phi) is 4.53. The number of carbonyl (C=O) groups excluding carboxylic acids is 1. The Labute approximate surface area is 143 Å². The van der Waals surface area contributed by atoms with Crippen LogP contribution in [0.2, 0.25) is 5.02 Å². The molecule has 0 unspecified atom stereocenters. The molecule has 1 amide bonds. The second-order valence-electron chi connectivity index (χ2n) is 5.81. The average Bonchev–Trinajstić information content (AvgIpc) is 3.37. The Morgan fingerprint density at radius 2 is 1.83 bits per heavy atom. The van der Waals surface area contributed by atoms with Crippen molar-refractivity contribution in [2.75, 3.05) is 11.4 Å². The summed E-state index contributed by atoms with van der Waals surface area (Å²) in [7, 11) is 0. The second-order valence-corrected chi connectivity index (χ2v) is 6.25. The zero-order chi connectivity index (χ0) is 17.3. The minimum atomic E-state index is -1.36. The molecule has 0 bridgehead atoms. The number of anilines is 1. The number of hydrogen-bond acceptors (Lipinski definition) is 2. The Balaban J connectivity index is 2.00. The van der Waals surface area contributed by atoms with Crippen LogP contribution in [0.1, 0.15) is 33.6 Å². The monoisotopic (exact) mass is 347 g/mol. The highest BCUT2D eigenvalue weighted by Gasteiger charge is 2.30. The Morgan fingerprint density at radius 3 is 2.42 bits per heavy atom. The minimum Gasteiger partial charge on any atom is -0.478 e. The van der Waals surface area contributed by atoms with Crippen LogP contribution in [-0.2, 0) is 0 Å². The number of amides is 1. The molecule has 0 atom stereocenters. The number of halogens is 2. The Hall–Kier alpha value is -2.40. The molecule has 0 saturated heterocycles. The third kappa shape index (κ3) is 3.41. The number of hydrogen-bond donors (Lipinski definition) is 1. The van der Waals surface area contributed by atoms with Crippen molar-refractivity contribution in [1.82, 2.24) is 0 Å². The van der Waals surface area contributed by atoms with Crippen molar-refractivity contribution in [3.05, 3.63) is 64.4 Å². The van der Waals surface area contributed by atoms with Crippen LogP contribution >= 0.6 is 11.6 Å². The van der Waals surface area contributed by atoms with Crippen molar-refractivity contribution >= 4 is 29.2 Å².